The SMILES string of the molecule is CC(C)(C)CC(CO)Nc1cnn(Cc2ccccc2)c1. The average molecular weight is 287 g/mol. The van der Waals surface area contributed by atoms with Crippen molar-refractivity contribution in [3.8, 4) is 0 Å². The van der Waals surface area contributed by atoms with Crippen LogP contribution >= 0.6 is 0 Å². The number of hydrogen-bond donors (Lipinski definition) is 2. The third-order valence-corrected chi connectivity index (χ3v) is 3.27. The highest BCUT2D eigenvalue weighted by Gasteiger charge is 2.18. The maximum absolute atomic E-state index is 9.50. The summed E-state index contributed by atoms with van der Waals surface area (Å²) in [4.78, 5) is 0. The lowest BCUT2D eigenvalue weighted by atomic mass is 9.88. The maximum Gasteiger partial charge on any atom is 0.0729 e. The summed E-state index contributed by atoms with van der Waals surface area (Å²) in [6.45, 7) is 7.41. The summed E-state index contributed by atoms with van der Waals surface area (Å²) in [5.41, 5.74) is 2.36. The van der Waals surface area contributed by atoms with Crippen LogP contribution in [0.15, 0.2) is 42.7 Å². The van der Waals surface area contributed by atoms with Crippen LogP contribution in [0.1, 0.15) is 32.8 Å². The highest BCUT2D eigenvalue weighted by atomic mass is 16.3. The Balaban J connectivity index is 1.96. The molecule has 2 N–H and O–H groups in total. The summed E-state index contributed by atoms with van der Waals surface area (Å²) in [6, 6.07) is 10.3. The third kappa shape index (κ3) is 5.23. The lowest BCUT2D eigenvalue weighted by molar-refractivity contribution is 0.234. The fraction of sp³-hybridized carbons (Fsp3) is 0.471. The van der Waals surface area contributed by atoms with Crippen molar-refractivity contribution >= 4 is 5.69 Å². The molecule has 0 radical (unpaired) electrons. The van der Waals surface area contributed by atoms with Gasteiger partial charge in [0.2, 0.25) is 0 Å². The molecule has 1 unspecified atom stereocenters. The molecule has 0 aliphatic rings. The van der Waals surface area contributed by atoms with E-state index in [9.17, 15) is 5.11 Å². The van der Waals surface area contributed by atoms with Gasteiger partial charge in [-0.05, 0) is 17.4 Å². The zero-order valence-electron chi connectivity index (χ0n) is 13.1. The maximum atomic E-state index is 9.50. The molecule has 4 nitrogen and oxygen atoms in total. The van der Waals surface area contributed by atoms with Crippen LogP contribution in [0.25, 0.3) is 0 Å². The smallest absolute Gasteiger partial charge is 0.0729 e. The molecule has 0 saturated carbocycles. The van der Waals surface area contributed by atoms with Gasteiger partial charge in [-0.2, -0.15) is 5.10 Å². The molecule has 1 aromatic carbocycles. The second kappa shape index (κ2) is 6.76. The van der Waals surface area contributed by atoms with E-state index in [4.69, 9.17) is 0 Å². The molecule has 21 heavy (non-hydrogen) atoms. The van der Waals surface area contributed by atoms with Crippen LogP contribution in [0.4, 0.5) is 5.69 Å². The van der Waals surface area contributed by atoms with Gasteiger partial charge in [-0.3, -0.25) is 4.68 Å². The van der Waals surface area contributed by atoms with Crippen LogP contribution < -0.4 is 5.32 Å². The normalized spacial score (nSPS) is 13.1. The minimum atomic E-state index is 0.0550. The standard InChI is InChI=1S/C17H25N3O/c1-17(2,3)9-15(13-21)19-16-10-18-20(12-16)11-14-7-5-4-6-8-14/h4-8,10,12,15,19,21H,9,11,13H2,1-3H3. The molecule has 2 aromatic rings. The van der Waals surface area contributed by atoms with Gasteiger partial charge >= 0.3 is 0 Å². The largest absolute Gasteiger partial charge is 0.394 e. The molecular formula is C17H25N3O. The minimum absolute atomic E-state index is 0.0550. The molecular weight excluding hydrogens is 262 g/mol. The first-order valence-electron chi connectivity index (χ1n) is 7.40. The van der Waals surface area contributed by atoms with Crippen molar-refractivity contribution in [1.82, 2.24) is 9.78 Å². The zero-order chi connectivity index (χ0) is 15.3. The van der Waals surface area contributed by atoms with Gasteiger partial charge in [-0.25, -0.2) is 0 Å². The molecule has 0 fully saturated rings. The van der Waals surface area contributed by atoms with E-state index in [0.717, 1.165) is 18.7 Å². The molecule has 0 amide bonds. The van der Waals surface area contributed by atoms with Gasteiger partial charge in [0.25, 0.3) is 0 Å². The number of aliphatic hydroxyl groups is 1. The first-order valence-corrected chi connectivity index (χ1v) is 7.40. The van der Waals surface area contributed by atoms with Gasteiger partial charge in [0.1, 0.15) is 0 Å². The van der Waals surface area contributed by atoms with Crippen molar-refractivity contribution in [2.75, 3.05) is 11.9 Å². The second-order valence-corrected chi connectivity index (χ2v) is 6.70. The molecule has 0 spiro atoms. The first kappa shape index (κ1) is 15.6. The van der Waals surface area contributed by atoms with Crippen LogP contribution in [0.5, 0.6) is 0 Å². The van der Waals surface area contributed by atoms with Gasteiger partial charge in [-0.15, -0.1) is 0 Å². The summed E-state index contributed by atoms with van der Waals surface area (Å²) >= 11 is 0. The molecule has 2 rings (SSSR count). The van der Waals surface area contributed by atoms with Gasteiger partial charge in [-0.1, -0.05) is 51.1 Å². The van der Waals surface area contributed by atoms with Crippen molar-refractivity contribution in [2.24, 2.45) is 5.41 Å². The molecule has 4 heteroatoms. The highest BCUT2D eigenvalue weighted by Crippen LogP contribution is 2.22. The zero-order valence-corrected chi connectivity index (χ0v) is 13.1. The van der Waals surface area contributed by atoms with E-state index >= 15 is 0 Å². The molecule has 0 bridgehead atoms. The Morgan fingerprint density at radius 1 is 1.24 bits per heavy atom. The van der Waals surface area contributed by atoms with Crippen molar-refractivity contribution in [3.63, 3.8) is 0 Å². The molecule has 1 heterocycles. The van der Waals surface area contributed by atoms with Crippen LogP contribution in [-0.4, -0.2) is 27.5 Å². The van der Waals surface area contributed by atoms with Gasteiger partial charge in [0.15, 0.2) is 0 Å². The molecule has 0 saturated heterocycles. The Hall–Kier alpha value is -1.81. The van der Waals surface area contributed by atoms with Crippen LogP contribution in [0.3, 0.4) is 0 Å². The van der Waals surface area contributed by atoms with E-state index in [-0.39, 0.29) is 18.1 Å². The van der Waals surface area contributed by atoms with E-state index in [2.05, 4.69) is 43.3 Å². The molecule has 114 valence electrons. The predicted octanol–water partition coefficient (Wildman–Crippen LogP) is 3.14. The first-order chi connectivity index (χ1) is 9.96. The van der Waals surface area contributed by atoms with E-state index in [1.54, 1.807) is 0 Å². The van der Waals surface area contributed by atoms with Gasteiger partial charge < -0.3 is 10.4 Å². The van der Waals surface area contributed by atoms with E-state index in [1.807, 2.05) is 35.3 Å². The lowest BCUT2D eigenvalue weighted by Crippen LogP contribution is -2.28. The number of benzene rings is 1. The van der Waals surface area contributed by atoms with Crippen LogP contribution in [-0.2, 0) is 6.54 Å². The van der Waals surface area contributed by atoms with E-state index in [1.165, 1.54) is 5.56 Å². The number of hydrogen-bond acceptors (Lipinski definition) is 3. The summed E-state index contributed by atoms with van der Waals surface area (Å²) in [6.07, 6.45) is 4.71. The van der Waals surface area contributed by atoms with Crippen molar-refractivity contribution in [2.45, 2.75) is 39.8 Å². The summed E-state index contributed by atoms with van der Waals surface area (Å²) in [5.74, 6) is 0. The third-order valence-electron chi connectivity index (χ3n) is 3.27. The predicted molar refractivity (Wildman–Crippen MR) is 86.3 cm³/mol. The summed E-state index contributed by atoms with van der Waals surface area (Å²) < 4.78 is 1.91. The lowest BCUT2D eigenvalue weighted by Gasteiger charge is -2.25. The van der Waals surface area contributed by atoms with Crippen molar-refractivity contribution < 1.29 is 5.11 Å². The topological polar surface area (TPSA) is 50.1 Å². The molecule has 0 aliphatic heterocycles. The number of nitrogens with zero attached hydrogens (tertiary/aromatic N) is 2. The fourth-order valence-corrected chi connectivity index (χ4v) is 2.43. The average Bonchev–Trinajstić information content (AvgIpc) is 2.85. The van der Waals surface area contributed by atoms with Gasteiger partial charge in [0, 0.05) is 12.2 Å². The quantitative estimate of drug-likeness (QED) is 0.858. The highest BCUT2D eigenvalue weighted by molar-refractivity contribution is 5.39. The second-order valence-electron chi connectivity index (χ2n) is 6.70. The number of anilines is 1. The van der Waals surface area contributed by atoms with E-state index < -0.39 is 0 Å². The van der Waals surface area contributed by atoms with Crippen molar-refractivity contribution in [3.05, 3.63) is 48.3 Å². The monoisotopic (exact) mass is 287 g/mol. The molecule has 0 aliphatic carbocycles. The number of nitrogens with one attached hydrogen (secondary N) is 1. The Kier molecular flexibility index (Phi) is 5.02. The summed E-state index contributed by atoms with van der Waals surface area (Å²) in [5, 5.41) is 17.2. The Morgan fingerprint density at radius 2 is 1.95 bits per heavy atom. The minimum Gasteiger partial charge on any atom is -0.394 e. The van der Waals surface area contributed by atoms with Crippen LogP contribution in [0.2, 0.25) is 0 Å². The number of aromatic nitrogens is 2. The molecule has 1 aromatic heterocycles. The summed E-state index contributed by atoms with van der Waals surface area (Å²) in [7, 11) is 0. The fourth-order valence-electron chi connectivity index (χ4n) is 2.43. The Morgan fingerprint density at radius 3 is 2.57 bits per heavy atom. The Labute approximate surface area is 126 Å². The molecule has 1 atom stereocenters. The number of aliphatic hydroxyl groups excluding tert-OH is 1. The van der Waals surface area contributed by atoms with E-state index in [0.29, 0.717) is 0 Å². The van der Waals surface area contributed by atoms with Crippen molar-refractivity contribution in [1.29, 1.82) is 0 Å². The van der Waals surface area contributed by atoms with Crippen LogP contribution in [0, 0.1) is 5.41 Å². The Bertz CT molecular complexity index is 543. The van der Waals surface area contributed by atoms with Gasteiger partial charge in [0.05, 0.1) is 25.0 Å². The number of rotatable bonds is 6.